The molecule has 1 rings (SSSR count). The molecular weight excluding hydrogens is 262 g/mol. The van der Waals surface area contributed by atoms with Crippen LogP contribution in [0.1, 0.15) is 61.5 Å². The van der Waals surface area contributed by atoms with Gasteiger partial charge < -0.3 is 10.8 Å². The van der Waals surface area contributed by atoms with Crippen molar-refractivity contribution < 1.29 is 9.90 Å². The highest BCUT2D eigenvalue weighted by molar-refractivity contribution is 5.87. The summed E-state index contributed by atoms with van der Waals surface area (Å²) in [5, 5.41) is 8.81. The van der Waals surface area contributed by atoms with Crippen LogP contribution >= 0.6 is 12.4 Å². The first-order valence-corrected chi connectivity index (χ1v) is 6.59. The second-order valence-electron chi connectivity index (χ2n) is 5.21. The van der Waals surface area contributed by atoms with Gasteiger partial charge in [0.1, 0.15) is 0 Å². The maximum Gasteiger partial charge on any atom is 0.335 e. The molecule has 3 N–H and O–H groups in total. The fraction of sp³-hybridized carbons (Fsp3) is 0.533. The first-order valence-electron chi connectivity index (χ1n) is 6.59. The molecule has 0 spiro atoms. The highest BCUT2D eigenvalue weighted by Gasteiger charge is 2.08. The number of nitrogens with two attached hydrogens (primary N) is 1. The normalized spacial score (nSPS) is 12.0. The molecule has 1 aromatic rings. The van der Waals surface area contributed by atoms with Gasteiger partial charge in [-0.25, -0.2) is 4.79 Å². The minimum absolute atomic E-state index is 0. The molecule has 0 saturated heterocycles. The third kappa shape index (κ3) is 6.60. The molecule has 4 heteroatoms. The van der Waals surface area contributed by atoms with Crippen LogP contribution in [0.4, 0.5) is 0 Å². The number of hydrogen-bond acceptors (Lipinski definition) is 2. The van der Waals surface area contributed by atoms with E-state index in [1.807, 2.05) is 12.1 Å². The van der Waals surface area contributed by atoms with Crippen molar-refractivity contribution in [3.8, 4) is 0 Å². The van der Waals surface area contributed by atoms with Gasteiger partial charge in [-0.3, -0.25) is 0 Å². The number of aromatic carboxylic acids is 1. The van der Waals surface area contributed by atoms with Gasteiger partial charge in [0.05, 0.1) is 5.56 Å². The van der Waals surface area contributed by atoms with Crippen LogP contribution in [0, 0.1) is 5.92 Å². The molecule has 1 atom stereocenters. The highest BCUT2D eigenvalue weighted by atomic mass is 35.5. The molecule has 1 unspecified atom stereocenters. The van der Waals surface area contributed by atoms with Crippen LogP contribution in [0.25, 0.3) is 0 Å². The molecule has 1 aromatic carbocycles. The zero-order valence-corrected chi connectivity index (χ0v) is 12.5. The Bertz CT molecular complexity index is 376. The van der Waals surface area contributed by atoms with Crippen LogP contribution in [0.3, 0.4) is 0 Å². The molecule has 0 fully saturated rings. The van der Waals surface area contributed by atoms with Gasteiger partial charge in [0, 0.05) is 6.04 Å². The van der Waals surface area contributed by atoms with Crippen molar-refractivity contribution in [3.05, 3.63) is 35.4 Å². The topological polar surface area (TPSA) is 63.3 Å². The number of hydrogen-bond donors (Lipinski definition) is 2. The SMILES string of the molecule is CC(C)CCCCC(N)c1ccc(C(=O)O)cc1.Cl. The minimum atomic E-state index is -0.896. The molecule has 0 aliphatic rings. The van der Waals surface area contributed by atoms with E-state index in [1.165, 1.54) is 12.8 Å². The Hall–Kier alpha value is -1.06. The minimum Gasteiger partial charge on any atom is -0.478 e. The zero-order valence-electron chi connectivity index (χ0n) is 11.6. The molecule has 0 saturated carbocycles. The number of rotatable bonds is 7. The number of unbranched alkanes of at least 4 members (excludes halogenated alkanes) is 1. The molecule has 0 heterocycles. The molecule has 19 heavy (non-hydrogen) atoms. The lowest BCUT2D eigenvalue weighted by molar-refractivity contribution is 0.0697. The Labute approximate surface area is 121 Å². The Morgan fingerprint density at radius 3 is 2.16 bits per heavy atom. The largest absolute Gasteiger partial charge is 0.478 e. The Morgan fingerprint density at radius 2 is 1.68 bits per heavy atom. The average Bonchev–Trinajstić information content (AvgIpc) is 2.34. The average molecular weight is 286 g/mol. The lowest BCUT2D eigenvalue weighted by Gasteiger charge is -2.12. The van der Waals surface area contributed by atoms with Gasteiger partial charge in [-0.05, 0) is 30.0 Å². The summed E-state index contributed by atoms with van der Waals surface area (Å²) in [6.07, 6.45) is 4.53. The number of benzene rings is 1. The standard InChI is InChI=1S/C15H23NO2.ClH/c1-11(2)5-3-4-6-14(16)12-7-9-13(10-8-12)15(17)18;/h7-11,14H,3-6,16H2,1-2H3,(H,17,18);1H. The van der Waals surface area contributed by atoms with Crippen molar-refractivity contribution in [1.29, 1.82) is 0 Å². The quantitative estimate of drug-likeness (QED) is 0.744. The van der Waals surface area contributed by atoms with Crippen molar-refractivity contribution in [2.45, 2.75) is 45.6 Å². The van der Waals surface area contributed by atoms with Gasteiger partial charge in [0.25, 0.3) is 0 Å². The van der Waals surface area contributed by atoms with Crippen molar-refractivity contribution in [2.75, 3.05) is 0 Å². The second-order valence-corrected chi connectivity index (χ2v) is 5.21. The zero-order chi connectivity index (χ0) is 13.5. The molecule has 0 aliphatic carbocycles. The molecule has 0 aromatic heterocycles. The van der Waals surface area contributed by atoms with E-state index in [9.17, 15) is 4.79 Å². The van der Waals surface area contributed by atoms with E-state index in [0.29, 0.717) is 5.56 Å². The van der Waals surface area contributed by atoms with Gasteiger partial charge in [-0.15, -0.1) is 12.4 Å². The van der Waals surface area contributed by atoms with E-state index in [2.05, 4.69) is 13.8 Å². The summed E-state index contributed by atoms with van der Waals surface area (Å²) in [5.41, 5.74) is 7.42. The summed E-state index contributed by atoms with van der Waals surface area (Å²) in [4.78, 5) is 10.7. The number of carbonyl (C=O) groups is 1. The third-order valence-electron chi connectivity index (χ3n) is 3.13. The van der Waals surface area contributed by atoms with E-state index < -0.39 is 5.97 Å². The maximum atomic E-state index is 10.7. The van der Waals surface area contributed by atoms with E-state index in [1.54, 1.807) is 12.1 Å². The molecule has 0 bridgehead atoms. The van der Waals surface area contributed by atoms with Crippen molar-refractivity contribution >= 4 is 18.4 Å². The summed E-state index contributed by atoms with van der Waals surface area (Å²) in [6.45, 7) is 4.45. The Morgan fingerprint density at radius 1 is 1.16 bits per heavy atom. The summed E-state index contributed by atoms with van der Waals surface area (Å²) < 4.78 is 0. The highest BCUT2D eigenvalue weighted by Crippen LogP contribution is 2.19. The summed E-state index contributed by atoms with van der Waals surface area (Å²) in [7, 11) is 0. The summed E-state index contributed by atoms with van der Waals surface area (Å²) >= 11 is 0. The summed E-state index contributed by atoms with van der Waals surface area (Å²) in [5.74, 6) is -0.150. The van der Waals surface area contributed by atoms with E-state index >= 15 is 0 Å². The fourth-order valence-electron chi connectivity index (χ4n) is 1.96. The van der Waals surface area contributed by atoms with Crippen molar-refractivity contribution in [3.63, 3.8) is 0 Å². The molecular formula is C15H24ClNO2. The summed E-state index contributed by atoms with van der Waals surface area (Å²) in [6, 6.07) is 6.88. The number of carboxylic acids is 1. The van der Waals surface area contributed by atoms with Crippen molar-refractivity contribution in [2.24, 2.45) is 11.7 Å². The van der Waals surface area contributed by atoms with Crippen molar-refractivity contribution in [1.82, 2.24) is 0 Å². The molecule has 0 aliphatic heterocycles. The van der Waals surface area contributed by atoms with E-state index in [4.69, 9.17) is 10.8 Å². The van der Waals surface area contributed by atoms with Crippen LogP contribution in [0.2, 0.25) is 0 Å². The molecule has 0 radical (unpaired) electrons. The van der Waals surface area contributed by atoms with Gasteiger partial charge in [0.15, 0.2) is 0 Å². The monoisotopic (exact) mass is 285 g/mol. The van der Waals surface area contributed by atoms with E-state index in [0.717, 1.165) is 24.3 Å². The maximum absolute atomic E-state index is 10.7. The van der Waals surface area contributed by atoms with Crippen LogP contribution in [-0.2, 0) is 0 Å². The van der Waals surface area contributed by atoms with Gasteiger partial charge in [0.2, 0.25) is 0 Å². The second kappa shape index (κ2) is 8.94. The number of carboxylic acid groups (broad SMARTS) is 1. The first kappa shape index (κ1) is 17.9. The lowest BCUT2D eigenvalue weighted by atomic mass is 9.98. The Kier molecular flexibility index (Phi) is 8.44. The third-order valence-corrected chi connectivity index (χ3v) is 3.13. The van der Waals surface area contributed by atoms with Crippen LogP contribution in [-0.4, -0.2) is 11.1 Å². The predicted molar refractivity (Wildman–Crippen MR) is 80.9 cm³/mol. The van der Waals surface area contributed by atoms with Crippen LogP contribution in [0.5, 0.6) is 0 Å². The van der Waals surface area contributed by atoms with E-state index in [-0.39, 0.29) is 18.4 Å². The fourth-order valence-corrected chi connectivity index (χ4v) is 1.96. The molecule has 108 valence electrons. The lowest BCUT2D eigenvalue weighted by Crippen LogP contribution is -2.10. The smallest absolute Gasteiger partial charge is 0.335 e. The van der Waals surface area contributed by atoms with Crippen LogP contribution < -0.4 is 5.73 Å². The molecule has 0 amide bonds. The first-order chi connectivity index (χ1) is 8.50. The predicted octanol–water partition coefficient (Wildman–Crippen LogP) is 4.02. The van der Waals surface area contributed by atoms with Gasteiger partial charge >= 0.3 is 5.97 Å². The van der Waals surface area contributed by atoms with Crippen LogP contribution in [0.15, 0.2) is 24.3 Å². The van der Waals surface area contributed by atoms with Gasteiger partial charge in [-0.2, -0.15) is 0 Å². The number of halogens is 1. The molecule has 3 nitrogen and oxygen atoms in total. The van der Waals surface area contributed by atoms with Gasteiger partial charge in [-0.1, -0.05) is 45.2 Å². The Balaban J connectivity index is 0.00000324.